The van der Waals surface area contributed by atoms with Crippen LogP contribution in [0.3, 0.4) is 0 Å². The molecular weight excluding hydrogens is 273 g/mol. The molecule has 0 amide bonds. The Labute approximate surface area is 112 Å². The minimum absolute atomic E-state index is 0.100. The first-order valence-corrected chi connectivity index (χ1v) is 7.38. The van der Waals surface area contributed by atoms with Crippen LogP contribution in [0.15, 0.2) is 11.1 Å². The molecule has 7 nitrogen and oxygen atoms in total. The lowest BCUT2D eigenvalue weighted by atomic mass is 10.1. The maximum atomic E-state index is 11.8. The lowest BCUT2D eigenvalue weighted by Crippen LogP contribution is -2.15. The SMILES string of the molecule is CCOOP(=O)(O)C(C)C(C)=C(C#N)C(=O)OCC. The minimum atomic E-state index is -4.12. The Morgan fingerprint density at radius 3 is 2.42 bits per heavy atom. The third-order valence-electron chi connectivity index (χ3n) is 2.38. The summed E-state index contributed by atoms with van der Waals surface area (Å²) in [5.41, 5.74) is -1.24. The lowest BCUT2D eigenvalue weighted by molar-refractivity contribution is -0.209. The Kier molecular flexibility index (Phi) is 7.57. The van der Waals surface area contributed by atoms with Gasteiger partial charge in [0, 0.05) is 0 Å². The average molecular weight is 291 g/mol. The number of nitrogens with zero attached hydrogens (tertiary/aromatic N) is 1. The molecule has 0 aliphatic rings. The highest BCUT2D eigenvalue weighted by atomic mass is 31.2. The van der Waals surface area contributed by atoms with Gasteiger partial charge in [-0.1, -0.05) is 0 Å². The second kappa shape index (κ2) is 8.08. The first-order valence-electron chi connectivity index (χ1n) is 5.73. The molecule has 0 saturated heterocycles. The van der Waals surface area contributed by atoms with Gasteiger partial charge in [0.05, 0.1) is 18.9 Å². The number of allylic oxidation sites excluding steroid dienone is 1. The molecule has 0 aliphatic carbocycles. The molecular formula is C11H18NO6P. The summed E-state index contributed by atoms with van der Waals surface area (Å²) < 4.78 is 20.9. The third-order valence-corrected chi connectivity index (χ3v) is 4.06. The van der Waals surface area contributed by atoms with Crippen LogP contribution in [-0.4, -0.2) is 29.7 Å². The quantitative estimate of drug-likeness (QED) is 0.191. The molecule has 2 atom stereocenters. The van der Waals surface area contributed by atoms with E-state index < -0.39 is 19.2 Å². The van der Waals surface area contributed by atoms with E-state index in [4.69, 9.17) is 10.00 Å². The van der Waals surface area contributed by atoms with Crippen molar-refractivity contribution in [3.63, 3.8) is 0 Å². The van der Waals surface area contributed by atoms with Crippen LogP contribution in [0.4, 0.5) is 0 Å². The number of rotatable bonds is 7. The third kappa shape index (κ3) is 5.13. The normalized spacial score (nSPS) is 16.8. The Bertz CT molecular complexity index is 439. The number of ether oxygens (including phenoxy) is 1. The van der Waals surface area contributed by atoms with E-state index >= 15 is 0 Å². The smallest absolute Gasteiger partial charge is 0.362 e. The second-order valence-corrected chi connectivity index (χ2v) is 5.66. The Morgan fingerprint density at radius 1 is 1.42 bits per heavy atom. The van der Waals surface area contributed by atoms with E-state index in [0.29, 0.717) is 0 Å². The van der Waals surface area contributed by atoms with Crippen molar-refractivity contribution < 1.29 is 28.6 Å². The number of carbonyl (C=O) groups excluding carboxylic acids is 1. The van der Waals surface area contributed by atoms with E-state index in [1.807, 2.05) is 0 Å². The molecule has 2 unspecified atom stereocenters. The summed E-state index contributed by atoms with van der Waals surface area (Å²) >= 11 is 0. The predicted molar refractivity (Wildman–Crippen MR) is 66.9 cm³/mol. The van der Waals surface area contributed by atoms with E-state index in [0.717, 1.165) is 0 Å². The molecule has 0 aliphatic heterocycles. The molecule has 0 spiro atoms. The van der Waals surface area contributed by atoms with Crippen molar-refractivity contribution in [2.24, 2.45) is 0 Å². The summed E-state index contributed by atoms with van der Waals surface area (Å²) in [5.74, 6) is -0.828. The number of hydrogen-bond acceptors (Lipinski definition) is 6. The molecule has 19 heavy (non-hydrogen) atoms. The molecule has 0 radical (unpaired) electrons. The number of carbonyl (C=O) groups is 1. The Balaban J connectivity index is 5.24. The summed E-state index contributed by atoms with van der Waals surface area (Å²) in [5, 5.41) is 8.93. The van der Waals surface area contributed by atoms with Crippen molar-refractivity contribution in [2.75, 3.05) is 13.2 Å². The Hall–Kier alpha value is -1.19. The average Bonchev–Trinajstić information content (AvgIpc) is 2.36. The Morgan fingerprint density at radius 2 is 2.00 bits per heavy atom. The summed E-state index contributed by atoms with van der Waals surface area (Å²) in [4.78, 5) is 25.6. The summed E-state index contributed by atoms with van der Waals surface area (Å²) in [6.45, 7) is 6.17. The highest BCUT2D eigenvalue weighted by molar-refractivity contribution is 7.53. The molecule has 0 bridgehead atoms. The van der Waals surface area contributed by atoms with Crippen LogP contribution >= 0.6 is 7.60 Å². The van der Waals surface area contributed by atoms with Crippen molar-refractivity contribution in [3.8, 4) is 6.07 Å². The molecule has 0 heterocycles. The predicted octanol–water partition coefficient (Wildman–Crippen LogP) is 1.93. The molecule has 0 aromatic carbocycles. The van der Waals surface area contributed by atoms with E-state index in [1.165, 1.54) is 13.8 Å². The zero-order valence-corrected chi connectivity index (χ0v) is 12.3. The molecule has 0 fully saturated rings. The monoisotopic (exact) mass is 291 g/mol. The van der Waals surface area contributed by atoms with E-state index in [2.05, 4.69) is 9.56 Å². The van der Waals surface area contributed by atoms with E-state index in [9.17, 15) is 14.3 Å². The van der Waals surface area contributed by atoms with Gasteiger partial charge in [-0.05, 0) is 33.3 Å². The topological polar surface area (TPSA) is 106 Å². The van der Waals surface area contributed by atoms with Gasteiger partial charge >= 0.3 is 13.6 Å². The second-order valence-electron chi connectivity index (χ2n) is 3.61. The van der Waals surface area contributed by atoms with Crippen LogP contribution in [0.1, 0.15) is 27.7 Å². The van der Waals surface area contributed by atoms with Gasteiger partial charge in [0.2, 0.25) is 0 Å². The molecule has 0 aromatic rings. The van der Waals surface area contributed by atoms with Crippen LogP contribution in [0, 0.1) is 11.3 Å². The maximum absolute atomic E-state index is 11.8. The van der Waals surface area contributed by atoms with Crippen molar-refractivity contribution >= 4 is 13.6 Å². The van der Waals surface area contributed by atoms with Gasteiger partial charge in [0.1, 0.15) is 11.6 Å². The van der Waals surface area contributed by atoms with Crippen molar-refractivity contribution in [1.82, 2.24) is 0 Å². The van der Waals surface area contributed by atoms with Gasteiger partial charge in [-0.25, -0.2) is 9.68 Å². The summed E-state index contributed by atoms with van der Waals surface area (Å²) in [6.07, 6.45) is 0. The number of nitriles is 1. The van der Waals surface area contributed by atoms with E-state index in [-0.39, 0.29) is 24.4 Å². The molecule has 0 saturated carbocycles. The largest absolute Gasteiger partial charge is 0.462 e. The van der Waals surface area contributed by atoms with Crippen LogP contribution in [0.2, 0.25) is 0 Å². The van der Waals surface area contributed by atoms with Crippen LogP contribution in [0.25, 0.3) is 0 Å². The standard InChI is InChI=1S/C11H18NO6P/c1-5-16-11(13)10(7-12)8(3)9(4)19(14,15)18-17-6-2/h9H,5-6H2,1-4H3,(H,14,15). The van der Waals surface area contributed by atoms with Crippen molar-refractivity contribution in [1.29, 1.82) is 5.26 Å². The number of hydrogen-bond donors (Lipinski definition) is 1. The fraction of sp³-hybridized carbons (Fsp3) is 0.636. The highest BCUT2D eigenvalue weighted by Crippen LogP contribution is 2.50. The van der Waals surface area contributed by atoms with Gasteiger partial charge in [0.25, 0.3) is 0 Å². The number of esters is 1. The van der Waals surface area contributed by atoms with Crippen molar-refractivity contribution in [3.05, 3.63) is 11.1 Å². The van der Waals surface area contributed by atoms with Crippen LogP contribution < -0.4 is 0 Å². The minimum Gasteiger partial charge on any atom is -0.462 e. The van der Waals surface area contributed by atoms with E-state index in [1.54, 1.807) is 19.9 Å². The van der Waals surface area contributed by atoms with Gasteiger partial charge in [0.15, 0.2) is 0 Å². The first kappa shape index (κ1) is 17.8. The highest BCUT2D eigenvalue weighted by Gasteiger charge is 2.34. The van der Waals surface area contributed by atoms with Crippen LogP contribution in [-0.2, 0) is 23.7 Å². The van der Waals surface area contributed by atoms with Gasteiger partial charge < -0.3 is 9.63 Å². The first-order chi connectivity index (χ1) is 8.81. The van der Waals surface area contributed by atoms with Gasteiger partial charge in [-0.15, -0.1) is 4.67 Å². The lowest BCUT2D eigenvalue weighted by Gasteiger charge is -2.18. The molecule has 0 aromatic heterocycles. The molecule has 1 N–H and O–H groups in total. The molecule has 0 rings (SSSR count). The molecule has 8 heteroatoms. The fourth-order valence-electron chi connectivity index (χ4n) is 1.14. The van der Waals surface area contributed by atoms with Gasteiger partial charge in [-0.2, -0.15) is 5.26 Å². The van der Waals surface area contributed by atoms with Crippen molar-refractivity contribution in [2.45, 2.75) is 33.4 Å². The molecule has 108 valence electrons. The fourth-order valence-corrected chi connectivity index (χ4v) is 2.15. The van der Waals surface area contributed by atoms with Crippen LogP contribution in [0.5, 0.6) is 0 Å². The zero-order valence-electron chi connectivity index (χ0n) is 11.4. The zero-order chi connectivity index (χ0) is 15.1. The summed E-state index contributed by atoms with van der Waals surface area (Å²) in [7, 11) is -4.12. The summed E-state index contributed by atoms with van der Waals surface area (Å²) in [6, 6.07) is 1.67. The maximum Gasteiger partial charge on any atom is 0.362 e. The van der Waals surface area contributed by atoms with Gasteiger partial charge in [-0.3, -0.25) is 4.57 Å².